The van der Waals surface area contributed by atoms with E-state index in [0.717, 1.165) is 10.6 Å². The minimum absolute atomic E-state index is 0.000472. The number of hydrogen-bond donors (Lipinski definition) is 0. The highest BCUT2D eigenvalue weighted by Crippen LogP contribution is 2.35. The van der Waals surface area contributed by atoms with Crippen molar-refractivity contribution < 1.29 is 27.1 Å². The summed E-state index contributed by atoms with van der Waals surface area (Å²) in [5.41, 5.74) is 3.14. The summed E-state index contributed by atoms with van der Waals surface area (Å²) in [4.78, 5) is 21.2. The van der Waals surface area contributed by atoms with Crippen LogP contribution in [0.2, 0.25) is 5.02 Å². The van der Waals surface area contributed by atoms with Crippen LogP contribution >= 0.6 is 11.6 Å². The summed E-state index contributed by atoms with van der Waals surface area (Å²) in [6.07, 6.45) is 2.68. The SMILES string of the molecule is CC(C)c1nc(N(C)S(C)(=O)=O)nc(-c2ccc(F)cc2)c1COC/C=C1\OC(=O)c2cccc(Cl)c21. The lowest BCUT2D eigenvalue weighted by atomic mass is 9.99. The Balaban J connectivity index is 1.69. The van der Waals surface area contributed by atoms with Gasteiger partial charge in [0.25, 0.3) is 0 Å². The lowest BCUT2D eigenvalue weighted by Crippen LogP contribution is -2.28. The minimum Gasteiger partial charge on any atom is -0.422 e. The van der Waals surface area contributed by atoms with Gasteiger partial charge in [0.1, 0.15) is 11.6 Å². The maximum atomic E-state index is 13.6. The van der Waals surface area contributed by atoms with E-state index in [1.165, 1.54) is 19.2 Å². The average Bonchev–Trinajstić information content (AvgIpc) is 3.17. The number of hydrogen-bond acceptors (Lipinski definition) is 7. The first-order valence-corrected chi connectivity index (χ1v) is 13.6. The molecule has 0 atom stereocenters. The average molecular weight is 546 g/mol. The number of carbonyl (C=O) groups is 1. The van der Waals surface area contributed by atoms with Crippen molar-refractivity contribution in [2.75, 3.05) is 24.2 Å². The fraction of sp³-hybridized carbons (Fsp3) is 0.269. The van der Waals surface area contributed by atoms with E-state index in [1.54, 1.807) is 36.4 Å². The molecular weight excluding hydrogens is 521 g/mol. The highest BCUT2D eigenvalue weighted by atomic mass is 35.5. The van der Waals surface area contributed by atoms with Crippen LogP contribution < -0.4 is 4.31 Å². The Morgan fingerprint density at radius 1 is 1.16 bits per heavy atom. The first-order valence-electron chi connectivity index (χ1n) is 11.4. The van der Waals surface area contributed by atoms with Crippen molar-refractivity contribution in [3.05, 3.63) is 81.8 Å². The normalized spacial score (nSPS) is 14.2. The number of fused-ring (bicyclic) bond motifs is 1. The Kier molecular flexibility index (Phi) is 7.63. The number of anilines is 1. The molecule has 194 valence electrons. The second kappa shape index (κ2) is 10.6. The number of rotatable bonds is 8. The first kappa shape index (κ1) is 26.7. The van der Waals surface area contributed by atoms with Crippen molar-refractivity contribution in [1.82, 2.24) is 9.97 Å². The second-order valence-electron chi connectivity index (χ2n) is 8.76. The third-order valence-corrected chi connectivity index (χ3v) is 7.26. The highest BCUT2D eigenvalue weighted by molar-refractivity contribution is 7.92. The van der Waals surface area contributed by atoms with E-state index in [4.69, 9.17) is 21.1 Å². The second-order valence-corrected chi connectivity index (χ2v) is 11.2. The molecular formula is C26H25ClFN3O5S. The zero-order valence-corrected chi connectivity index (χ0v) is 22.2. The Hall–Kier alpha value is -3.34. The molecule has 0 amide bonds. The zero-order chi connectivity index (χ0) is 26.9. The van der Waals surface area contributed by atoms with Crippen LogP contribution in [0.15, 0.2) is 48.5 Å². The molecule has 37 heavy (non-hydrogen) atoms. The standard InChI is InChI=1S/C26H25ClFN3O5S/c1-15(2)23-19(14-35-13-12-21-22-18(25(32)36-21)6-5-7-20(22)27)24(16-8-10-17(28)11-9-16)30-26(29-23)31(3)37(4,33)34/h5-12,15H,13-14H2,1-4H3/b21-12-. The van der Waals surface area contributed by atoms with Gasteiger partial charge in [0, 0.05) is 18.2 Å². The molecule has 8 nitrogen and oxygen atoms in total. The molecule has 0 saturated carbocycles. The molecule has 0 bridgehead atoms. The van der Waals surface area contributed by atoms with Gasteiger partial charge in [-0.15, -0.1) is 0 Å². The number of halogens is 2. The van der Waals surface area contributed by atoms with Crippen molar-refractivity contribution in [2.45, 2.75) is 26.4 Å². The summed E-state index contributed by atoms with van der Waals surface area (Å²) in [7, 11) is -2.25. The van der Waals surface area contributed by atoms with Gasteiger partial charge in [-0.3, -0.25) is 0 Å². The molecule has 0 saturated heterocycles. The van der Waals surface area contributed by atoms with Gasteiger partial charge in [0.15, 0.2) is 0 Å². The molecule has 4 rings (SSSR count). The summed E-state index contributed by atoms with van der Waals surface area (Å²) >= 11 is 6.26. The van der Waals surface area contributed by atoms with Crippen LogP contribution in [-0.4, -0.2) is 44.3 Å². The Morgan fingerprint density at radius 2 is 1.86 bits per heavy atom. The number of nitrogens with zero attached hydrogens (tertiary/aromatic N) is 3. The Morgan fingerprint density at radius 3 is 2.51 bits per heavy atom. The maximum Gasteiger partial charge on any atom is 0.344 e. The fourth-order valence-electron chi connectivity index (χ4n) is 3.83. The fourth-order valence-corrected chi connectivity index (χ4v) is 4.48. The number of sulfonamides is 1. The van der Waals surface area contributed by atoms with Crippen LogP contribution in [-0.2, 0) is 26.1 Å². The maximum absolute atomic E-state index is 13.6. The van der Waals surface area contributed by atoms with Crippen molar-refractivity contribution in [2.24, 2.45) is 0 Å². The van der Waals surface area contributed by atoms with Gasteiger partial charge < -0.3 is 9.47 Å². The summed E-state index contributed by atoms with van der Waals surface area (Å²) < 4.78 is 50.3. The molecule has 11 heteroatoms. The molecule has 3 aromatic rings. The number of ether oxygens (including phenoxy) is 2. The van der Waals surface area contributed by atoms with E-state index in [2.05, 4.69) is 9.97 Å². The molecule has 0 radical (unpaired) electrons. The van der Waals surface area contributed by atoms with Crippen LogP contribution in [0, 0.1) is 5.82 Å². The van der Waals surface area contributed by atoms with Gasteiger partial charge in [-0.1, -0.05) is 31.5 Å². The highest BCUT2D eigenvalue weighted by Gasteiger charge is 2.28. The number of esters is 1. The molecule has 2 heterocycles. The van der Waals surface area contributed by atoms with E-state index in [-0.39, 0.29) is 25.1 Å². The Bertz CT molecular complexity index is 1490. The van der Waals surface area contributed by atoms with Gasteiger partial charge in [0.05, 0.1) is 47.0 Å². The van der Waals surface area contributed by atoms with Crippen LogP contribution in [0.4, 0.5) is 10.3 Å². The molecule has 0 spiro atoms. The molecule has 1 aromatic heterocycles. The molecule has 1 aliphatic rings. The number of aromatic nitrogens is 2. The van der Waals surface area contributed by atoms with Crippen molar-refractivity contribution >= 4 is 39.3 Å². The zero-order valence-electron chi connectivity index (χ0n) is 20.7. The van der Waals surface area contributed by atoms with E-state index in [0.29, 0.717) is 44.4 Å². The third kappa shape index (κ3) is 5.66. The van der Waals surface area contributed by atoms with E-state index in [1.807, 2.05) is 13.8 Å². The first-order chi connectivity index (χ1) is 17.5. The van der Waals surface area contributed by atoms with E-state index < -0.39 is 21.8 Å². The van der Waals surface area contributed by atoms with Crippen LogP contribution in [0.25, 0.3) is 17.0 Å². The summed E-state index contributed by atoms with van der Waals surface area (Å²) in [6.45, 7) is 3.99. The lowest BCUT2D eigenvalue weighted by Gasteiger charge is -2.21. The van der Waals surface area contributed by atoms with E-state index in [9.17, 15) is 17.6 Å². The van der Waals surface area contributed by atoms with E-state index >= 15 is 0 Å². The van der Waals surface area contributed by atoms with Gasteiger partial charge in [-0.05, 0) is 48.4 Å². The van der Waals surface area contributed by atoms with Gasteiger partial charge in [-0.2, -0.15) is 0 Å². The van der Waals surface area contributed by atoms with Crippen molar-refractivity contribution in [3.63, 3.8) is 0 Å². The topological polar surface area (TPSA) is 98.7 Å². The number of benzene rings is 2. The Labute approximate surface area is 219 Å². The predicted molar refractivity (Wildman–Crippen MR) is 139 cm³/mol. The summed E-state index contributed by atoms with van der Waals surface area (Å²) in [5.74, 6) is -0.684. The largest absolute Gasteiger partial charge is 0.422 e. The summed E-state index contributed by atoms with van der Waals surface area (Å²) in [6, 6.07) is 10.7. The molecule has 0 aliphatic carbocycles. The van der Waals surface area contributed by atoms with Gasteiger partial charge >= 0.3 is 5.97 Å². The number of carbonyl (C=O) groups excluding carboxylic acids is 1. The molecule has 2 aromatic carbocycles. The predicted octanol–water partition coefficient (Wildman–Crippen LogP) is 5.18. The molecule has 1 aliphatic heterocycles. The smallest absolute Gasteiger partial charge is 0.344 e. The number of cyclic esters (lactones) is 1. The minimum atomic E-state index is -3.62. The van der Waals surface area contributed by atoms with Gasteiger partial charge in [0.2, 0.25) is 16.0 Å². The van der Waals surface area contributed by atoms with Gasteiger partial charge in [-0.25, -0.2) is 31.9 Å². The van der Waals surface area contributed by atoms with Crippen LogP contribution in [0.1, 0.15) is 46.9 Å². The monoisotopic (exact) mass is 545 g/mol. The molecule has 0 unspecified atom stereocenters. The lowest BCUT2D eigenvalue weighted by molar-refractivity contribution is 0.0713. The molecule has 0 N–H and O–H groups in total. The quantitative estimate of drug-likeness (QED) is 0.284. The van der Waals surface area contributed by atoms with Crippen LogP contribution in [0.5, 0.6) is 0 Å². The summed E-state index contributed by atoms with van der Waals surface area (Å²) in [5, 5.41) is 0.397. The van der Waals surface area contributed by atoms with Crippen LogP contribution in [0.3, 0.4) is 0 Å². The van der Waals surface area contributed by atoms with Crippen molar-refractivity contribution in [3.8, 4) is 11.3 Å². The third-order valence-electron chi connectivity index (χ3n) is 5.79. The molecule has 0 fully saturated rings. The van der Waals surface area contributed by atoms with Crippen molar-refractivity contribution in [1.29, 1.82) is 0 Å².